The van der Waals surface area contributed by atoms with Gasteiger partial charge < -0.3 is 11.1 Å². The molecule has 3 nitrogen and oxygen atoms in total. The van der Waals surface area contributed by atoms with Gasteiger partial charge in [0.15, 0.2) is 0 Å². The first-order valence-corrected chi connectivity index (χ1v) is 3.87. The molecule has 0 atom stereocenters. The SMILES string of the molecule is NCC(F)(F)CNc1ccccn1. The summed E-state index contributed by atoms with van der Waals surface area (Å²) in [5, 5.41) is 2.49. The van der Waals surface area contributed by atoms with Crippen LogP contribution in [0.1, 0.15) is 0 Å². The van der Waals surface area contributed by atoms with Gasteiger partial charge in [-0.3, -0.25) is 0 Å². The van der Waals surface area contributed by atoms with E-state index < -0.39 is 19.0 Å². The molecule has 1 heterocycles. The molecule has 0 spiro atoms. The summed E-state index contributed by atoms with van der Waals surface area (Å²) in [5.74, 6) is -2.45. The van der Waals surface area contributed by atoms with Crippen LogP contribution >= 0.6 is 0 Å². The summed E-state index contributed by atoms with van der Waals surface area (Å²) in [4.78, 5) is 3.83. The van der Waals surface area contributed by atoms with E-state index in [-0.39, 0.29) is 0 Å². The molecular weight excluding hydrogens is 176 g/mol. The summed E-state index contributed by atoms with van der Waals surface area (Å²) in [7, 11) is 0. The fourth-order valence-electron chi connectivity index (χ4n) is 0.759. The number of aromatic nitrogens is 1. The summed E-state index contributed by atoms with van der Waals surface area (Å²) in [6.07, 6.45) is 1.53. The number of halogens is 2. The minimum atomic E-state index is -2.88. The average Bonchev–Trinajstić information content (AvgIpc) is 2.17. The van der Waals surface area contributed by atoms with Crippen molar-refractivity contribution in [2.45, 2.75) is 5.92 Å². The van der Waals surface area contributed by atoms with Crippen LogP contribution in [0.5, 0.6) is 0 Å². The predicted molar refractivity (Wildman–Crippen MR) is 46.7 cm³/mol. The zero-order valence-corrected chi connectivity index (χ0v) is 7.00. The quantitative estimate of drug-likeness (QED) is 0.741. The maximum Gasteiger partial charge on any atom is 0.276 e. The zero-order valence-electron chi connectivity index (χ0n) is 7.00. The highest BCUT2D eigenvalue weighted by atomic mass is 19.3. The van der Waals surface area contributed by atoms with E-state index in [0.717, 1.165) is 0 Å². The number of nitrogens with two attached hydrogens (primary N) is 1. The number of rotatable bonds is 4. The van der Waals surface area contributed by atoms with Crippen LogP contribution in [0.4, 0.5) is 14.6 Å². The van der Waals surface area contributed by atoms with E-state index in [1.54, 1.807) is 18.2 Å². The fraction of sp³-hybridized carbons (Fsp3) is 0.375. The largest absolute Gasteiger partial charge is 0.364 e. The van der Waals surface area contributed by atoms with Crippen LogP contribution in [0.25, 0.3) is 0 Å². The van der Waals surface area contributed by atoms with E-state index in [4.69, 9.17) is 5.73 Å². The topological polar surface area (TPSA) is 50.9 Å². The van der Waals surface area contributed by atoms with E-state index in [2.05, 4.69) is 10.3 Å². The molecule has 1 aromatic rings. The van der Waals surface area contributed by atoms with Crippen molar-refractivity contribution >= 4 is 5.82 Å². The Bertz CT molecular complexity index is 251. The second kappa shape index (κ2) is 4.13. The van der Waals surface area contributed by atoms with Gasteiger partial charge in [0, 0.05) is 6.20 Å². The molecule has 0 saturated heterocycles. The Morgan fingerprint density at radius 1 is 1.46 bits per heavy atom. The number of nitrogens with one attached hydrogen (secondary N) is 1. The summed E-state index contributed by atoms with van der Waals surface area (Å²) in [6, 6.07) is 5.05. The van der Waals surface area contributed by atoms with E-state index in [1.807, 2.05) is 0 Å². The summed E-state index contributed by atoms with van der Waals surface area (Å²) in [6.45, 7) is -1.15. The number of hydrogen-bond donors (Lipinski definition) is 2. The second-order valence-corrected chi connectivity index (χ2v) is 2.63. The van der Waals surface area contributed by atoms with Gasteiger partial charge in [-0.2, -0.15) is 0 Å². The van der Waals surface area contributed by atoms with Crippen molar-refractivity contribution in [3.05, 3.63) is 24.4 Å². The monoisotopic (exact) mass is 187 g/mol. The molecule has 0 radical (unpaired) electrons. The smallest absolute Gasteiger partial charge is 0.276 e. The van der Waals surface area contributed by atoms with E-state index >= 15 is 0 Å². The Balaban J connectivity index is 2.44. The molecule has 0 fully saturated rings. The van der Waals surface area contributed by atoms with Gasteiger partial charge in [-0.1, -0.05) is 6.07 Å². The molecule has 3 N–H and O–H groups in total. The van der Waals surface area contributed by atoms with Gasteiger partial charge in [-0.15, -0.1) is 0 Å². The van der Waals surface area contributed by atoms with E-state index in [0.29, 0.717) is 5.82 Å². The number of anilines is 1. The molecule has 0 saturated carbocycles. The Morgan fingerprint density at radius 2 is 2.23 bits per heavy atom. The molecule has 0 unspecified atom stereocenters. The van der Waals surface area contributed by atoms with Crippen LogP contribution in [0.15, 0.2) is 24.4 Å². The van der Waals surface area contributed by atoms with Gasteiger partial charge in [0.1, 0.15) is 5.82 Å². The lowest BCUT2D eigenvalue weighted by atomic mass is 10.3. The van der Waals surface area contributed by atoms with Crippen LogP contribution < -0.4 is 11.1 Å². The highest BCUT2D eigenvalue weighted by Gasteiger charge is 2.26. The number of pyridine rings is 1. The van der Waals surface area contributed by atoms with E-state index in [1.165, 1.54) is 6.20 Å². The zero-order chi connectivity index (χ0) is 9.73. The third kappa shape index (κ3) is 3.33. The molecule has 0 bridgehead atoms. The molecule has 0 aliphatic heterocycles. The summed E-state index contributed by atoms with van der Waals surface area (Å²) >= 11 is 0. The minimum absolute atomic E-state index is 0.427. The van der Waals surface area contributed by atoms with Gasteiger partial charge >= 0.3 is 0 Å². The first-order valence-electron chi connectivity index (χ1n) is 3.87. The van der Waals surface area contributed by atoms with Crippen LogP contribution in [0, 0.1) is 0 Å². The van der Waals surface area contributed by atoms with Gasteiger partial charge in [0.25, 0.3) is 5.92 Å². The second-order valence-electron chi connectivity index (χ2n) is 2.63. The Labute approximate surface area is 75.0 Å². The molecule has 72 valence electrons. The van der Waals surface area contributed by atoms with Crippen molar-refractivity contribution in [3.8, 4) is 0 Å². The lowest BCUT2D eigenvalue weighted by molar-refractivity contribution is 0.0253. The van der Waals surface area contributed by atoms with Crippen molar-refractivity contribution in [1.29, 1.82) is 0 Å². The summed E-state index contributed by atoms with van der Waals surface area (Å²) in [5.41, 5.74) is 4.86. The highest BCUT2D eigenvalue weighted by Crippen LogP contribution is 2.11. The minimum Gasteiger partial charge on any atom is -0.364 e. The van der Waals surface area contributed by atoms with Crippen molar-refractivity contribution in [2.75, 3.05) is 18.4 Å². The normalized spacial score (nSPS) is 11.3. The fourth-order valence-corrected chi connectivity index (χ4v) is 0.759. The molecule has 13 heavy (non-hydrogen) atoms. The first kappa shape index (κ1) is 9.85. The van der Waals surface area contributed by atoms with Crippen LogP contribution in [-0.4, -0.2) is 24.0 Å². The van der Waals surface area contributed by atoms with Gasteiger partial charge in [0.05, 0.1) is 13.1 Å². The standard InChI is InChI=1S/C8H11F2N3/c9-8(10,5-11)6-13-7-3-1-2-4-12-7/h1-4H,5-6,11H2,(H,12,13). The number of nitrogens with zero attached hydrogens (tertiary/aromatic N) is 1. The van der Waals surface area contributed by atoms with Gasteiger partial charge in [-0.25, -0.2) is 13.8 Å². The molecule has 0 aliphatic carbocycles. The molecule has 5 heteroatoms. The highest BCUT2D eigenvalue weighted by molar-refractivity contribution is 5.33. The number of hydrogen-bond acceptors (Lipinski definition) is 3. The predicted octanol–water partition coefficient (Wildman–Crippen LogP) is 1.09. The molecule has 0 aliphatic rings. The Kier molecular flexibility index (Phi) is 3.13. The van der Waals surface area contributed by atoms with Crippen molar-refractivity contribution in [1.82, 2.24) is 4.98 Å². The van der Waals surface area contributed by atoms with Crippen LogP contribution in [0.2, 0.25) is 0 Å². The van der Waals surface area contributed by atoms with E-state index in [9.17, 15) is 8.78 Å². The molecular formula is C8H11F2N3. The molecule has 0 amide bonds. The van der Waals surface area contributed by atoms with Crippen molar-refractivity contribution in [2.24, 2.45) is 5.73 Å². The lowest BCUT2D eigenvalue weighted by Gasteiger charge is -2.14. The van der Waals surface area contributed by atoms with Gasteiger partial charge in [-0.05, 0) is 12.1 Å². The third-order valence-electron chi connectivity index (χ3n) is 1.49. The summed E-state index contributed by atoms with van der Waals surface area (Å²) < 4.78 is 25.2. The maximum atomic E-state index is 12.6. The molecule has 0 aromatic carbocycles. The molecule has 1 rings (SSSR count). The number of alkyl halides is 2. The van der Waals surface area contributed by atoms with Crippen LogP contribution in [-0.2, 0) is 0 Å². The van der Waals surface area contributed by atoms with Crippen molar-refractivity contribution in [3.63, 3.8) is 0 Å². The van der Waals surface area contributed by atoms with Crippen LogP contribution in [0.3, 0.4) is 0 Å². The van der Waals surface area contributed by atoms with Crippen molar-refractivity contribution < 1.29 is 8.78 Å². The maximum absolute atomic E-state index is 12.6. The third-order valence-corrected chi connectivity index (χ3v) is 1.49. The first-order chi connectivity index (χ1) is 6.14. The Hall–Kier alpha value is -1.23. The average molecular weight is 187 g/mol. The Morgan fingerprint density at radius 3 is 2.77 bits per heavy atom. The molecule has 1 aromatic heterocycles. The van der Waals surface area contributed by atoms with Gasteiger partial charge in [0.2, 0.25) is 0 Å². The lowest BCUT2D eigenvalue weighted by Crippen LogP contribution is -2.35.